The zero-order valence-electron chi connectivity index (χ0n) is 7.18. The van der Waals surface area contributed by atoms with Gasteiger partial charge in [0.1, 0.15) is 10.7 Å². The molecule has 0 N–H and O–H groups in total. The highest BCUT2D eigenvalue weighted by molar-refractivity contribution is 6.45. The predicted molar refractivity (Wildman–Crippen MR) is 55.2 cm³/mol. The van der Waals surface area contributed by atoms with Crippen LogP contribution in [-0.4, -0.2) is 17.6 Å². The van der Waals surface area contributed by atoms with Crippen LogP contribution in [0.1, 0.15) is 17.3 Å². The molecular formula is C8H6Cl3NO2. The minimum absolute atomic E-state index is 0.0117. The summed E-state index contributed by atoms with van der Waals surface area (Å²) >= 11 is 17.1. The number of nitrogens with zero attached hydrogens (tertiary/aromatic N) is 1. The molecule has 0 fully saturated rings. The molecule has 14 heavy (non-hydrogen) atoms. The molecule has 1 heterocycles. The fourth-order valence-electron chi connectivity index (χ4n) is 0.833. The molecule has 0 atom stereocenters. The molecule has 0 spiro atoms. The third kappa shape index (κ3) is 2.29. The van der Waals surface area contributed by atoms with Gasteiger partial charge in [0.05, 0.1) is 16.7 Å². The van der Waals surface area contributed by atoms with E-state index in [1.54, 1.807) is 6.92 Å². The summed E-state index contributed by atoms with van der Waals surface area (Å²) in [4.78, 5) is 15.0. The molecule has 1 rings (SSSR count). The number of esters is 1. The van der Waals surface area contributed by atoms with Crippen LogP contribution in [0.25, 0.3) is 0 Å². The molecule has 0 saturated carbocycles. The molecule has 0 unspecified atom stereocenters. The van der Waals surface area contributed by atoms with Crippen LogP contribution in [0.15, 0.2) is 6.20 Å². The number of rotatable bonds is 2. The summed E-state index contributed by atoms with van der Waals surface area (Å²) in [6, 6.07) is 0. The first-order chi connectivity index (χ1) is 6.57. The monoisotopic (exact) mass is 253 g/mol. The lowest BCUT2D eigenvalue weighted by molar-refractivity contribution is 0.0526. The fourth-order valence-corrected chi connectivity index (χ4v) is 1.47. The number of hydrogen-bond donors (Lipinski definition) is 0. The highest BCUT2D eigenvalue weighted by Gasteiger charge is 2.18. The molecule has 0 saturated heterocycles. The Hall–Kier alpha value is -0.510. The van der Waals surface area contributed by atoms with E-state index in [-0.39, 0.29) is 27.4 Å². The summed E-state index contributed by atoms with van der Waals surface area (Å²) in [7, 11) is 0. The van der Waals surface area contributed by atoms with Gasteiger partial charge in [-0.2, -0.15) is 0 Å². The van der Waals surface area contributed by atoms with Crippen LogP contribution in [-0.2, 0) is 4.74 Å². The Morgan fingerprint density at radius 3 is 2.71 bits per heavy atom. The van der Waals surface area contributed by atoms with E-state index >= 15 is 0 Å². The van der Waals surface area contributed by atoms with Crippen LogP contribution < -0.4 is 0 Å². The largest absolute Gasteiger partial charge is 0.462 e. The molecule has 1 aromatic rings. The smallest absolute Gasteiger partial charge is 0.341 e. The van der Waals surface area contributed by atoms with E-state index in [4.69, 9.17) is 39.5 Å². The van der Waals surface area contributed by atoms with Crippen molar-refractivity contribution in [1.82, 2.24) is 4.98 Å². The van der Waals surface area contributed by atoms with Gasteiger partial charge in [-0.25, -0.2) is 9.78 Å². The van der Waals surface area contributed by atoms with Crippen LogP contribution in [0.5, 0.6) is 0 Å². The number of halogens is 3. The molecule has 0 radical (unpaired) electrons. The van der Waals surface area contributed by atoms with E-state index < -0.39 is 5.97 Å². The maximum Gasteiger partial charge on any atom is 0.341 e. The Balaban J connectivity index is 3.18. The van der Waals surface area contributed by atoms with E-state index in [1.165, 1.54) is 6.20 Å². The Morgan fingerprint density at radius 2 is 2.14 bits per heavy atom. The number of carbonyl (C=O) groups excluding carboxylic acids is 1. The molecule has 0 aliphatic carbocycles. The molecule has 3 nitrogen and oxygen atoms in total. The first-order valence-corrected chi connectivity index (χ1v) is 4.88. The molecule has 0 aromatic carbocycles. The van der Waals surface area contributed by atoms with Gasteiger partial charge in [0.2, 0.25) is 0 Å². The van der Waals surface area contributed by atoms with Crippen molar-refractivity contribution < 1.29 is 9.53 Å². The van der Waals surface area contributed by atoms with Crippen molar-refractivity contribution in [3.63, 3.8) is 0 Å². The normalized spacial score (nSPS) is 10.0. The van der Waals surface area contributed by atoms with Gasteiger partial charge in [-0.1, -0.05) is 34.8 Å². The van der Waals surface area contributed by atoms with E-state index in [9.17, 15) is 4.79 Å². The van der Waals surface area contributed by atoms with Crippen molar-refractivity contribution in [1.29, 1.82) is 0 Å². The SMILES string of the molecule is CCOC(=O)c1c(Cl)cnc(Cl)c1Cl. The third-order valence-corrected chi connectivity index (χ3v) is 2.45. The summed E-state index contributed by atoms with van der Waals surface area (Å²) in [6.07, 6.45) is 1.25. The van der Waals surface area contributed by atoms with Crippen LogP contribution in [0, 0.1) is 0 Å². The highest BCUT2D eigenvalue weighted by atomic mass is 35.5. The van der Waals surface area contributed by atoms with Gasteiger partial charge >= 0.3 is 5.97 Å². The van der Waals surface area contributed by atoms with Crippen molar-refractivity contribution >= 4 is 40.8 Å². The zero-order valence-corrected chi connectivity index (χ0v) is 9.45. The Kier molecular flexibility index (Phi) is 3.98. The summed E-state index contributed by atoms with van der Waals surface area (Å²) < 4.78 is 4.75. The van der Waals surface area contributed by atoms with Gasteiger partial charge in [-0.05, 0) is 6.92 Å². The summed E-state index contributed by atoms with van der Waals surface area (Å²) in [5.74, 6) is -0.605. The molecular weight excluding hydrogens is 248 g/mol. The van der Waals surface area contributed by atoms with Gasteiger partial charge < -0.3 is 4.74 Å². The van der Waals surface area contributed by atoms with Crippen LogP contribution >= 0.6 is 34.8 Å². The molecule has 76 valence electrons. The van der Waals surface area contributed by atoms with Crippen molar-refractivity contribution in [2.75, 3.05) is 6.61 Å². The second-order valence-electron chi connectivity index (χ2n) is 2.31. The van der Waals surface area contributed by atoms with E-state index in [2.05, 4.69) is 4.98 Å². The molecule has 0 amide bonds. The molecule has 0 aliphatic rings. The quantitative estimate of drug-likeness (QED) is 0.601. The van der Waals surface area contributed by atoms with Crippen molar-refractivity contribution in [2.24, 2.45) is 0 Å². The first kappa shape index (κ1) is 11.6. The van der Waals surface area contributed by atoms with Gasteiger partial charge in [0.25, 0.3) is 0 Å². The topological polar surface area (TPSA) is 39.2 Å². The van der Waals surface area contributed by atoms with Crippen LogP contribution in [0.2, 0.25) is 15.2 Å². The molecule has 6 heteroatoms. The van der Waals surface area contributed by atoms with Crippen LogP contribution in [0.4, 0.5) is 0 Å². The van der Waals surface area contributed by atoms with Crippen LogP contribution in [0.3, 0.4) is 0 Å². The second kappa shape index (κ2) is 4.82. The Morgan fingerprint density at radius 1 is 1.50 bits per heavy atom. The maximum absolute atomic E-state index is 11.4. The van der Waals surface area contributed by atoms with Gasteiger partial charge in [-0.3, -0.25) is 0 Å². The standard InChI is InChI=1S/C8H6Cl3NO2/c1-2-14-8(13)5-4(9)3-12-7(11)6(5)10/h3H,2H2,1H3. The fraction of sp³-hybridized carbons (Fsp3) is 0.250. The molecule has 0 bridgehead atoms. The second-order valence-corrected chi connectivity index (χ2v) is 3.45. The lowest BCUT2D eigenvalue weighted by Gasteiger charge is -2.06. The summed E-state index contributed by atoms with van der Waals surface area (Å²) in [6.45, 7) is 1.92. The van der Waals surface area contributed by atoms with Gasteiger partial charge in [-0.15, -0.1) is 0 Å². The maximum atomic E-state index is 11.4. The predicted octanol–water partition coefficient (Wildman–Crippen LogP) is 3.22. The third-order valence-electron chi connectivity index (χ3n) is 1.41. The Labute approximate surface area is 95.9 Å². The number of aromatic nitrogens is 1. The lowest BCUT2D eigenvalue weighted by atomic mass is 10.3. The van der Waals surface area contributed by atoms with E-state index in [0.29, 0.717) is 0 Å². The first-order valence-electron chi connectivity index (χ1n) is 3.74. The molecule has 0 aliphatic heterocycles. The van der Waals surface area contributed by atoms with E-state index in [1.807, 2.05) is 0 Å². The average molecular weight is 254 g/mol. The number of pyridine rings is 1. The lowest BCUT2D eigenvalue weighted by Crippen LogP contribution is -2.07. The zero-order chi connectivity index (χ0) is 10.7. The van der Waals surface area contributed by atoms with E-state index in [0.717, 1.165) is 0 Å². The minimum Gasteiger partial charge on any atom is -0.462 e. The van der Waals surface area contributed by atoms with Gasteiger partial charge in [0.15, 0.2) is 0 Å². The van der Waals surface area contributed by atoms with Crippen molar-refractivity contribution in [2.45, 2.75) is 6.92 Å². The van der Waals surface area contributed by atoms with Crippen molar-refractivity contribution in [3.05, 3.63) is 27.0 Å². The van der Waals surface area contributed by atoms with Crippen molar-refractivity contribution in [3.8, 4) is 0 Å². The summed E-state index contributed by atoms with van der Waals surface area (Å²) in [5.41, 5.74) is 0.0511. The Bertz CT molecular complexity index is 368. The number of carbonyl (C=O) groups is 1. The number of ether oxygens (including phenoxy) is 1. The molecule has 1 aromatic heterocycles. The number of hydrogen-bond acceptors (Lipinski definition) is 3. The minimum atomic E-state index is -0.605. The summed E-state index contributed by atoms with van der Waals surface area (Å²) in [5, 5.41) is 0.162. The average Bonchev–Trinajstić information content (AvgIpc) is 2.13. The highest BCUT2D eigenvalue weighted by Crippen LogP contribution is 2.29. The van der Waals surface area contributed by atoms with Gasteiger partial charge in [0, 0.05) is 6.20 Å².